The van der Waals surface area contributed by atoms with Crippen LogP contribution in [0.25, 0.3) is 0 Å². The van der Waals surface area contributed by atoms with Gasteiger partial charge in [-0.25, -0.2) is 0 Å². The maximum absolute atomic E-state index is 11.1. The molecule has 5 nitrogen and oxygen atoms in total. The number of hydrogen-bond donors (Lipinski definition) is 1. The van der Waals surface area contributed by atoms with Crippen molar-refractivity contribution in [1.29, 1.82) is 0 Å². The van der Waals surface area contributed by atoms with Gasteiger partial charge in [0.2, 0.25) is 5.91 Å². The van der Waals surface area contributed by atoms with Gasteiger partial charge in [-0.3, -0.25) is 4.79 Å². The third-order valence-electron chi connectivity index (χ3n) is 3.66. The van der Waals surface area contributed by atoms with Gasteiger partial charge in [0.1, 0.15) is 0 Å². The Morgan fingerprint density at radius 2 is 1.76 bits per heavy atom. The third kappa shape index (κ3) is 4.48. The summed E-state index contributed by atoms with van der Waals surface area (Å²) >= 11 is 1.36. The predicted octanol–water partition coefficient (Wildman–Crippen LogP) is 3.79. The maximum atomic E-state index is 11.1. The Morgan fingerprint density at radius 1 is 1.08 bits per heavy atom. The van der Waals surface area contributed by atoms with E-state index >= 15 is 0 Å². The molecule has 1 saturated heterocycles. The average Bonchev–Trinajstić information content (AvgIpc) is 3.02. The van der Waals surface area contributed by atoms with Crippen LogP contribution < -0.4 is 10.2 Å². The summed E-state index contributed by atoms with van der Waals surface area (Å²) in [5.41, 5.74) is 3.25. The molecule has 0 bridgehead atoms. The topological polar surface area (TPSA) is 57.1 Å². The number of carbonyl (C=O) groups excluding carboxylic acids is 1. The highest BCUT2D eigenvalue weighted by Gasteiger charge is 2.16. The lowest BCUT2D eigenvalue weighted by molar-refractivity contribution is -0.116. The van der Waals surface area contributed by atoms with Crippen LogP contribution in [-0.2, 0) is 4.79 Å². The first-order valence-corrected chi connectivity index (χ1v) is 9.10. The van der Waals surface area contributed by atoms with Gasteiger partial charge in [-0.15, -0.1) is 5.10 Å². The number of para-hydroxylation sites is 1. The van der Waals surface area contributed by atoms with Crippen molar-refractivity contribution < 1.29 is 4.79 Å². The number of carbonyl (C=O) groups is 1. The van der Waals surface area contributed by atoms with Gasteiger partial charge in [-0.2, -0.15) is 5.10 Å². The standard InChI is InChI=1S/C19H20N4OS/c1-14(2)23(16-6-4-3-5-7-16)17-10-8-15(9-11-17)12-20-22-19-21-18(24)13-25-19/h3-12,14H,13H2,1-2H3,(H,21,22,24). The van der Waals surface area contributed by atoms with Gasteiger partial charge in [0.05, 0.1) is 12.0 Å². The molecule has 1 heterocycles. The molecule has 0 spiro atoms. The summed E-state index contributed by atoms with van der Waals surface area (Å²) in [6.45, 7) is 4.35. The smallest absolute Gasteiger partial charge is 0.236 e. The fourth-order valence-electron chi connectivity index (χ4n) is 2.58. The zero-order chi connectivity index (χ0) is 17.6. The minimum Gasteiger partial charge on any atom is -0.339 e. The number of nitrogens with zero attached hydrogens (tertiary/aromatic N) is 3. The first-order valence-electron chi connectivity index (χ1n) is 8.11. The molecule has 3 rings (SSSR count). The Bertz CT molecular complexity index is 785. The molecule has 6 heteroatoms. The molecule has 1 aliphatic rings. The second-order valence-electron chi connectivity index (χ2n) is 5.88. The van der Waals surface area contributed by atoms with Crippen molar-refractivity contribution in [3.63, 3.8) is 0 Å². The van der Waals surface area contributed by atoms with Gasteiger partial charge < -0.3 is 10.2 Å². The van der Waals surface area contributed by atoms with E-state index in [2.05, 4.69) is 58.5 Å². The van der Waals surface area contributed by atoms with Gasteiger partial charge in [-0.1, -0.05) is 42.1 Å². The molecule has 1 N–H and O–H groups in total. The molecule has 2 aromatic rings. The summed E-state index contributed by atoms with van der Waals surface area (Å²) in [7, 11) is 0. The first kappa shape index (κ1) is 17.2. The fraction of sp³-hybridized carbons (Fsp3) is 0.211. The van der Waals surface area contributed by atoms with Gasteiger partial charge in [0, 0.05) is 17.4 Å². The van der Waals surface area contributed by atoms with Crippen LogP contribution in [0.1, 0.15) is 19.4 Å². The average molecular weight is 352 g/mol. The Hall–Kier alpha value is -2.60. The number of thioether (sulfide) groups is 1. The molecular formula is C19H20N4OS. The van der Waals surface area contributed by atoms with Gasteiger partial charge in [0.15, 0.2) is 5.17 Å². The van der Waals surface area contributed by atoms with Crippen LogP contribution in [0.15, 0.2) is 64.8 Å². The van der Waals surface area contributed by atoms with E-state index in [9.17, 15) is 4.79 Å². The molecule has 0 atom stereocenters. The Kier molecular flexibility index (Phi) is 5.50. The van der Waals surface area contributed by atoms with Gasteiger partial charge >= 0.3 is 0 Å². The summed E-state index contributed by atoms with van der Waals surface area (Å²) < 4.78 is 0. The largest absolute Gasteiger partial charge is 0.339 e. The molecule has 1 aliphatic heterocycles. The molecule has 1 fully saturated rings. The molecule has 2 aromatic carbocycles. The number of anilines is 2. The first-order chi connectivity index (χ1) is 12.1. The highest BCUT2D eigenvalue weighted by atomic mass is 32.2. The van der Waals surface area contributed by atoms with E-state index in [1.807, 2.05) is 30.3 Å². The van der Waals surface area contributed by atoms with Crippen molar-refractivity contribution in [2.24, 2.45) is 10.2 Å². The quantitative estimate of drug-likeness (QED) is 0.658. The van der Waals surface area contributed by atoms with Crippen molar-refractivity contribution in [2.45, 2.75) is 19.9 Å². The van der Waals surface area contributed by atoms with Crippen LogP contribution >= 0.6 is 11.8 Å². The number of hydrogen-bond acceptors (Lipinski definition) is 5. The highest BCUT2D eigenvalue weighted by Crippen LogP contribution is 2.27. The summed E-state index contributed by atoms with van der Waals surface area (Å²) in [6, 6.07) is 18.9. The minimum absolute atomic E-state index is 0.0296. The van der Waals surface area contributed by atoms with E-state index in [1.165, 1.54) is 17.4 Å². The number of benzene rings is 2. The van der Waals surface area contributed by atoms with Crippen molar-refractivity contribution >= 4 is 40.4 Å². The number of nitrogens with one attached hydrogen (secondary N) is 1. The molecule has 0 aromatic heterocycles. The Morgan fingerprint density at radius 3 is 2.36 bits per heavy atom. The van der Waals surface area contributed by atoms with Crippen LogP contribution in [0.3, 0.4) is 0 Å². The fourth-order valence-corrected chi connectivity index (χ4v) is 3.21. The predicted molar refractivity (Wildman–Crippen MR) is 106 cm³/mol. The van der Waals surface area contributed by atoms with Crippen molar-refractivity contribution in [2.75, 3.05) is 10.7 Å². The maximum Gasteiger partial charge on any atom is 0.236 e. The molecule has 0 unspecified atom stereocenters. The third-order valence-corrected chi connectivity index (χ3v) is 4.53. The molecule has 0 radical (unpaired) electrons. The highest BCUT2D eigenvalue weighted by molar-refractivity contribution is 8.15. The summed E-state index contributed by atoms with van der Waals surface area (Å²) in [5.74, 6) is 0.381. The zero-order valence-electron chi connectivity index (χ0n) is 14.2. The summed E-state index contributed by atoms with van der Waals surface area (Å²) in [5, 5.41) is 11.2. The van der Waals surface area contributed by atoms with E-state index in [-0.39, 0.29) is 5.91 Å². The molecular weight excluding hydrogens is 332 g/mol. The van der Waals surface area contributed by atoms with Crippen LogP contribution in [0.4, 0.5) is 11.4 Å². The van der Waals surface area contributed by atoms with Crippen LogP contribution in [-0.4, -0.2) is 29.1 Å². The monoisotopic (exact) mass is 352 g/mol. The van der Waals surface area contributed by atoms with Crippen molar-refractivity contribution in [3.05, 3.63) is 60.2 Å². The van der Waals surface area contributed by atoms with Crippen LogP contribution in [0.5, 0.6) is 0 Å². The second-order valence-corrected chi connectivity index (χ2v) is 6.84. The Labute approximate surface area is 151 Å². The minimum atomic E-state index is -0.0296. The second kappa shape index (κ2) is 7.98. The number of rotatable bonds is 5. The molecule has 25 heavy (non-hydrogen) atoms. The van der Waals surface area contributed by atoms with E-state index in [4.69, 9.17) is 0 Å². The molecule has 0 aliphatic carbocycles. The summed E-state index contributed by atoms with van der Waals surface area (Å²) in [6.07, 6.45) is 1.68. The molecule has 128 valence electrons. The van der Waals surface area contributed by atoms with Gasteiger partial charge in [-0.05, 0) is 43.7 Å². The lowest BCUT2D eigenvalue weighted by atomic mass is 10.1. The van der Waals surface area contributed by atoms with Gasteiger partial charge in [0.25, 0.3) is 0 Å². The Balaban J connectivity index is 1.73. The van der Waals surface area contributed by atoms with Crippen molar-refractivity contribution in [1.82, 2.24) is 5.32 Å². The van der Waals surface area contributed by atoms with E-state index in [0.29, 0.717) is 17.0 Å². The van der Waals surface area contributed by atoms with Crippen molar-refractivity contribution in [3.8, 4) is 0 Å². The number of amidine groups is 1. The van der Waals surface area contributed by atoms with E-state index in [1.54, 1.807) is 6.21 Å². The van der Waals surface area contributed by atoms with E-state index < -0.39 is 0 Å². The lowest BCUT2D eigenvalue weighted by Crippen LogP contribution is -2.25. The summed E-state index contributed by atoms with van der Waals surface area (Å²) in [4.78, 5) is 13.4. The number of amides is 1. The van der Waals surface area contributed by atoms with Crippen LogP contribution in [0.2, 0.25) is 0 Å². The molecule has 1 amide bonds. The van der Waals surface area contributed by atoms with Crippen LogP contribution in [0, 0.1) is 0 Å². The molecule has 0 saturated carbocycles. The lowest BCUT2D eigenvalue weighted by Gasteiger charge is -2.29. The zero-order valence-corrected chi connectivity index (χ0v) is 15.0. The SMILES string of the molecule is CC(C)N(c1ccccc1)c1ccc(C=NN=C2NC(=O)CS2)cc1. The van der Waals surface area contributed by atoms with E-state index in [0.717, 1.165) is 11.3 Å². The normalized spacial score (nSPS) is 16.0.